The number of aryl methyl sites for hydroxylation is 1. The maximum atomic E-state index is 11.9. The lowest BCUT2D eigenvalue weighted by atomic mass is 10.2. The molecule has 0 aliphatic heterocycles. The standard InChI is InChI=1S/C10H10ClF3N2O/c1-6-7(2-3-8(11)15-6)16-9(17)4-5-10(12,13)14/h2-3H,4-5H2,1H3,(H,16,17). The summed E-state index contributed by atoms with van der Waals surface area (Å²) in [4.78, 5) is 15.1. The fourth-order valence-electron chi connectivity index (χ4n) is 1.13. The predicted octanol–water partition coefficient (Wildman–Crippen LogP) is 3.32. The number of rotatable bonds is 3. The number of hydrogen-bond donors (Lipinski definition) is 1. The number of hydrogen-bond acceptors (Lipinski definition) is 2. The average molecular weight is 267 g/mol. The summed E-state index contributed by atoms with van der Waals surface area (Å²) in [5.74, 6) is -0.699. The number of nitrogens with zero attached hydrogens (tertiary/aromatic N) is 1. The molecular formula is C10H10ClF3N2O. The van der Waals surface area contributed by atoms with E-state index in [-0.39, 0.29) is 5.15 Å². The lowest BCUT2D eigenvalue weighted by Gasteiger charge is -2.09. The number of carbonyl (C=O) groups excluding carboxylic acids is 1. The highest BCUT2D eigenvalue weighted by Gasteiger charge is 2.27. The van der Waals surface area contributed by atoms with E-state index in [0.717, 1.165) is 0 Å². The van der Waals surface area contributed by atoms with Gasteiger partial charge in [-0.2, -0.15) is 13.2 Å². The summed E-state index contributed by atoms with van der Waals surface area (Å²) in [5.41, 5.74) is 0.819. The van der Waals surface area contributed by atoms with Crippen LogP contribution in [0.25, 0.3) is 0 Å². The molecule has 94 valence electrons. The van der Waals surface area contributed by atoms with Gasteiger partial charge in [0.25, 0.3) is 0 Å². The monoisotopic (exact) mass is 266 g/mol. The molecule has 1 amide bonds. The Hall–Kier alpha value is -1.30. The van der Waals surface area contributed by atoms with Crippen LogP contribution in [0.15, 0.2) is 12.1 Å². The van der Waals surface area contributed by atoms with Crippen molar-refractivity contribution in [1.29, 1.82) is 0 Å². The Morgan fingerprint density at radius 3 is 2.65 bits per heavy atom. The maximum absolute atomic E-state index is 11.9. The third-order valence-corrected chi connectivity index (χ3v) is 2.17. The molecule has 0 saturated carbocycles. The van der Waals surface area contributed by atoms with Gasteiger partial charge < -0.3 is 5.32 Å². The van der Waals surface area contributed by atoms with Crippen LogP contribution in [0.3, 0.4) is 0 Å². The molecule has 0 aliphatic carbocycles. The Labute approximate surface area is 101 Å². The molecule has 0 aliphatic rings. The normalized spacial score (nSPS) is 11.4. The van der Waals surface area contributed by atoms with E-state index < -0.39 is 24.9 Å². The summed E-state index contributed by atoms with van der Waals surface area (Å²) in [7, 11) is 0. The van der Waals surface area contributed by atoms with Crippen molar-refractivity contribution in [3.05, 3.63) is 23.0 Å². The Morgan fingerprint density at radius 1 is 1.47 bits per heavy atom. The molecular weight excluding hydrogens is 257 g/mol. The zero-order valence-electron chi connectivity index (χ0n) is 8.94. The number of alkyl halides is 3. The molecule has 1 aromatic heterocycles. The molecule has 1 N–H and O–H groups in total. The summed E-state index contributed by atoms with van der Waals surface area (Å²) in [6.07, 6.45) is -6.07. The maximum Gasteiger partial charge on any atom is 0.389 e. The van der Waals surface area contributed by atoms with Crippen LogP contribution in [0.2, 0.25) is 5.15 Å². The Bertz CT molecular complexity index is 421. The van der Waals surface area contributed by atoms with Crippen molar-refractivity contribution < 1.29 is 18.0 Å². The van der Waals surface area contributed by atoms with E-state index in [2.05, 4.69) is 10.3 Å². The molecule has 0 bridgehead atoms. The van der Waals surface area contributed by atoms with Crippen molar-refractivity contribution in [3.63, 3.8) is 0 Å². The summed E-state index contributed by atoms with van der Waals surface area (Å²) < 4.78 is 35.6. The van der Waals surface area contributed by atoms with Gasteiger partial charge in [-0.3, -0.25) is 4.79 Å². The smallest absolute Gasteiger partial charge is 0.325 e. The predicted molar refractivity (Wildman–Crippen MR) is 57.9 cm³/mol. The Kier molecular flexibility index (Phi) is 4.34. The molecule has 0 fully saturated rings. The van der Waals surface area contributed by atoms with Crippen LogP contribution in [0.1, 0.15) is 18.5 Å². The first-order valence-corrected chi connectivity index (χ1v) is 5.15. The number of aromatic nitrogens is 1. The topological polar surface area (TPSA) is 42.0 Å². The third-order valence-electron chi connectivity index (χ3n) is 1.96. The number of nitrogens with one attached hydrogen (secondary N) is 1. The molecule has 17 heavy (non-hydrogen) atoms. The zero-order valence-corrected chi connectivity index (χ0v) is 9.69. The van der Waals surface area contributed by atoms with Gasteiger partial charge in [0.05, 0.1) is 17.8 Å². The van der Waals surface area contributed by atoms with Crippen LogP contribution >= 0.6 is 11.6 Å². The minimum Gasteiger partial charge on any atom is -0.325 e. The molecule has 1 rings (SSSR count). The lowest BCUT2D eigenvalue weighted by Crippen LogP contribution is -2.17. The number of carbonyl (C=O) groups is 1. The molecule has 0 spiro atoms. The van der Waals surface area contributed by atoms with E-state index in [4.69, 9.17) is 11.6 Å². The van der Waals surface area contributed by atoms with Crippen LogP contribution in [0.4, 0.5) is 18.9 Å². The number of halogens is 4. The van der Waals surface area contributed by atoms with E-state index in [9.17, 15) is 18.0 Å². The van der Waals surface area contributed by atoms with Gasteiger partial charge >= 0.3 is 6.18 Å². The van der Waals surface area contributed by atoms with Gasteiger partial charge in [-0.05, 0) is 19.1 Å². The van der Waals surface area contributed by atoms with Crippen molar-refractivity contribution in [1.82, 2.24) is 4.98 Å². The minimum atomic E-state index is -4.33. The van der Waals surface area contributed by atoms with E-state index >= 15 is 0 Å². The van der Waals surface area contributed by atoms with E-state index in [1.165, 1.54) is 12.1 Å². The van der Waals surface area contributed by atoms with Gasteiger partial charge in [0.15, 0.2) is 0 Å². The van der Waals surface area contributed by atoms with E-state index in [1.807, 2.05) is 0 Å². The van der Waals surface area contributed by atoms with Gasteiger partial charge in [0.1, 0.15) is 5.15 Å². The highest BCUT2D eigenvalue weighted by molar-refractivity contribution is 6.29. The quantitative estimate of drug-likeness (QED) is 0.853. The molecule has 1 aromatic rings. The zero-order chi connectivity index (χ0) is 13.1. The second kappa shape index (κ2) is 5.35. The first-order valence-electron chi connectivity index (χ1n) is 4.78. The van der Waals surface area contributed by atoms with Gasteiger partial charge in [-0.15, -0.1) is 0 Å². The summed E-state index contributed by atoms with van der Waals surface area (Å²) in [5, 5.41) is 2.61. The fraction of sp³-hybridized carbons (Fsp3) is 0.400. The number of anilines is 1. The van der Waals surface area contributed by atoms with Gasteiger partial charge in [-0.25, -0.2) is 4.98 Å². The van der Waals surface area contributed by atoms with Gasteiger partial charge in [0, 0.05) is 6.42 Å². The molecule has 0 radical (unpaired) electrons. The van der Waals surface area contributed by atoms with Crippen LogP contribution < -0.4 is 5.32 Å². The third kappa shape index (κ3) is 5.04. The lowest BCUT2D eigenvalue weighted by molar-refractivity contribution is -0.142. The second-order valence-corrected chi connectivity index (χ2v) is 3.82. The first-order chi connectivity index (χ1) is 7.78. The summed E-state index contributed by atoms with van der Waals surface area (Å²) in [6, 6.07) is 2.95. The molecule has 0 saturated heterocycles. The van der Waals surface area contributed by atoms with E-state index in [0.29, 0.717) is 11.4 Å². The largest absolute Gasteiger partial charge is 0.389 e. The molecule has 0 aromatic carbocycles. The number of pyridine rings is 1. The van der Waals surface area contributed by atoms with Crippen LogP contribution in [-0.4, -0.2) is 17.1 Å². The SMILES string of the molecule is Cc1nc(Cl)ccc1NC(=O)CCC(F)(F)F. The molecule has 3 nitrogen and oxygen atoms in total. The van der Waals surface area contributed by atoms with Crippen molar-refractivity contribution in [3.8, 4) is 0 Å². The van der Waals surface area contributed by atoms with Crippen LogP contribution in [0, 0.1) is 6.92 Å². The van der Waals surface area contributed by atoms with Crippen LogP contribution in [0.5, 0.6) is 0 Å². The van der Waals surface area contributed by atoms with Gasteiger partial charge in [0.2, 0.25) is 5.91 Å². The Morgan fingerprint density at radius 2 is 2.12 bits per heavy atom. The highest BCUT2D eigenvalue weighted by atomic mass is 35.5. The first kappa shape index (κ1) is 13.8. The number of amides is 1. The molecule has 0 unspecified atom stereocenters. The van der Waals surface area contributed by atoms with Crippen molar-refractivity contribution in [2.24, 2.45) is 0 Å². The van der Waals surface area contributed by atoms with Crippen molar-refractivity contribution >= 4 is 23.2 Å². The molecule has 7 heteroatoms. The van der Waals surface area contributed by atoms with Crippen molar-refractivity contribution in [2.75, 3.05) is 5.32 Å². The second-order valence-electron chi connectivity index (χ2n) is 3.43. The van der Waals surface area contributed by atoms with E-state index in [1.54, 1.807) is 6.92 Å². The molecule has 1 heterocycles. The summed E-state index contributed by atoms with van der Waals surface area (Å²) in [6.45, 7) is 1.60. The van der Waals surface area contributed by atoms with Crippen LogP contribution in [-0.2, 0) is 4.79 Å². The highest BCUT2D eigenvalue weighted by Crippen LogP contribution is 2.22. The van der Waals surface area contributed by atoms with Crippen molar-refractivity contribution in [2.45, 2.75) is 25.9 Å². The summed E-state index contributed by atoms with van der Waals surface area (Å²) >= 11 is 5.60. The average Bonchev–Trinajstić information content (AvgIpc) is 2.18. The fourth-order valence-corrected chi connectivity index (χ4v) is 1.32. The Balaban J connectivity index is 2.57. The molecule has 0 atom stereocenters. The minimum absolute atomic E-state index is 0.260. The van der Waals surface area contributed by atoms with Gasteiger partial charge in [-0.1, -0.05) is 11.6 Å².